The summed E-state index contributed by atoms with van der Waals surface area (Å²) in [5.74, 6) is 1.73. The van der Waals surface area contributed by atoms with E-state index in [0.29, 0.717) is 31.4 Å². The van der Waals surface area contributed by atoms with Gasteiger partial charge in [-0.15, -0.1) is 0 Å². The van der Waals surface area contributed by atoms with Gasteiger partial charge in [-0.1, -0.05) is 11.6 Å². The molecular weight excluding hydrogens is 344 g/mol. The molecule has 0 atom stereocenters. The number of amides is 2. The maximum atomic E-state index is 12.7. The fourth-order valence-corrected chi connectivity index (χ4v) is 3.58. The molecule has 3 rings (SSSR count). The molecule has 152 valence electrons. The maximum absolute atomic E-state index is 12.7. The highest BCUT2D eigenvalue weighted by Crippen LogP contribution is 2.35. The predicted molar refractivity (Wildman–Crippen MR) is 104 cm³/mol. The van der Waals surface area contributed by atoms with Gasteiger partial charge in [-0.3, -0.25) is 4.90 Å². The van der Waals surface area contributed by atoms with Crippen LogP contribution in [-0.4, -0.2) is 82.7 Å². The standard InChI is InChI=1S/C19H34N6O2/c1-5-24(13-16-21-17(27-22-16)15-7-6-8-15)18(26)20-14-19(2,3)25-11-9-23(4)10-12-25/h15H,5-14H2,1-4H3,(H,20,26). The Morgan fingerprint density at radius 3 is 2.59 bits per heavy atom. The summed E-state index contributed by atoms with van der Waals surface area (Å²) in [7, 11) is 2.15. The molecule has 1 aromatic heterocycles. The summed E-state index contributed by atoms with van der Waals surface area (Å²) in [6.45, 7) is 12.2. The van der Waals surface area contributed by atoms with Crippen LogP contribution in [0.15, 0.2) is 4.52 Å². The molecule has 1 aromatic rings. The number of nitrogens with zero attached hydrogens (tertiary/aromatic N) is 5. The van der Waals surface area contributed by atoms with Gasteiger partial charge in [-0.2, -0.15) is 4.98 Å². The summed E-state index contributed by atoms with van der Waals surface area (Å²) < 4.78 is 5.37. The van der Waals surface area contributed by atoms with Crippen molar-refractivity contribution in [1.29, 1.82) is 0 Å². The van der Waals surface area contributed by atoms with E-state index in [1.54, 1.807) is 4.90 Å². The highest BCUT2D eigenvalue weighted by molar-refractivity contribution is 5.74. The van der Waals surface area contributed by atoms with Crippen LogP contribution in [-0.2, 0) is 6.54 Å². The van der Waals surface area contributed by atoms with E-state index in [9.17, 15) is 4.79 Å². The van der Waals surface area contributed by atoms with Crippen molar-refractivity contribution in [3.05, 3.63) is 11.7 Å². The van der Waals surface area contributed by atoms with Crippen LogP contribution in [0.3, 0.4) is 0 Å². The third-order valence-corrected chi connectivity index (χ3v) is 5.97. The van der Waals surface area contributed by atoms with Crippen molar-refractivity contribution in [2.24, 2.45) is 0 Å². The predicted octanol–water partition coefficient (Wildman–Crippen LogP) is 1.89. The van der Waals surface area contributed by atoms with Crippen molar-refractivity contribution in [3.8, 4) is 0 Å². The largest absolute Gasteiger partial charge is 0.339 e. The number of hydrogen-bond acceptors (Lipinski definition) is 6. The van der Waals surface area contributed by atoms with Gasteiger partial charge >= 0.3 is 6.03 Å². The van der Waals surface area contributed by atoms with Crippen LogP contribution < -0.4 is 5.32 Å². The lowest BCUT2D eigenvalue weighted by atomic mass is 9.85. The fraction of sp³-hybridized carbons (Fsp3) is 0.842. The lowest BCUT2D eigenvalue weighted by Gasteiger charge is -2.43. The van der Waals surface area contributed by atoms with Crippen LogP contribution in [0, 0.1) is 0 Å². The summed E-state index contributed by atoms with van der Waals surface area (Å²) in [6, 6.07) is -0.0744. The average molecular weight is 379 g/mol. The molecule has 2 fully saturated rings. The number of urea groups is 1. The molecule has 8 heteroatoms. The second-order valence-corrected chi connectivity index (χ2v) is 8.45. The molecular formula is C19H34N6O2. The summed E-state index contributed by atoms with van der Waals surface area (Å²) in [4.78, 5) is 23.7. The van der Waals surface area contributed by atoms with E-state index in [1.165, 1.54) is 6.42 Å². The van der Waals surface area contributed by atoms with E-state index in [0.717, 1.165) is 44.9 Å². The summed E-state index contributed by atoms with van der Waals surface area (Å²) >= 11 is 0. The van der Waals surface area contributed by atoms with E-state index in [1.807, 2.05) is 6.92 Å². The topological polar surface area (TPSA) is 77.7 Å². The third-order valence-electron chi connectivity index (χ3n) is 5.97. The molecule has 1 saturated carbocycles. The second-order valence-electron chi connectivity index (χ2n) is 8.45. The lowest BCUT2D eigenvalue weighted by molar-refractivity contribution is 0.0622. The minimum absolute atomic E-state index is 0.0696. The van der Waals surface area contributed by atoms with Crippen LogP contribution in [0.1, 0.15) is 57.7 Å². The first-order valence-corrected chi connectivity index (χ1v) is 10.2. The molecule has 2 amide bonds. The molecule has 1 N–H and O–H groups in total. The summed E-state index contributed by atoms with van der Waals surface area (Å²) in [6.07, 6.45) is 3.48. The first-order chi connectivity index (χ1) is 12.9. The molecule has 2 aliphatic rings. The number of carbonyl (C=O) groups excluding carboxylic acids is 1. The molecule has 0 spiro atoms. The minimum atomic E-state index is -0.0744. The van der Waals surface area contributed by atoms with Crippen molar-refractivity contribution in [2.75, 3.05) is 46.3 Å². The highest BCUT2D eigenvalue weighted by Gasteiger charge is 2.30. The Hall–Kier alpha value is -1.67. The number of piperazine rings is 1. The zero-order valence-corrected chi connectivity index (χ0v) is 17.2. The van der Waals surface area contributed by atoms with Crippen LogP contribution in [0.5, 0.6) is 0 Å². The second kappa shape index (κ2) is 8.56. The summed E-state index contributed by atoms with van der Waals surface area (Å²) in [5.41, 5.74) is -0.0696. The molecule has 8 nitrogen and oxygen atoms in total. The smallest absolute Gasteiger partial charge is 0.317 e. The van der Waals surface area contributed by atoms with Gasteiger partial charge in [0.05, 0.1) is 6.54 Å². The van der Waals surface area contributed by atoms with Gasteiger partial charge < -0.3 is 19.6 Å². The van der Waals surface area contributed by atoms with Gasteiger partial charge in [0.25, 0.3) is 0 Å². The van der Waals surface area contributed by atoms with E-state index < -0.39 is 0 Å². The first-order valence-electron chi connectivity index (χ1n) is 10.2. The summed E-state index contributed by atoms with van der Waals surface area (Å²) in [5, 5.41) is 7.16. The van der Waals surface area contributed by atoms with Crippen LogP contribution in [0.25, 0.3) is 0 Å². The molecule has 0 aromatic carbocycles. The molecule has 0 radical (unpaired) electrons. The Balaban J connectivity index is 1.49. The Kier molecular flexibility index (Phi) is 6.37. The normalized spacial score (nSPS) is 19.7. The number of aromatic nitrogens is 2. The van der Waals surface area contributed by atoms with Crippen molar-refractivity contribution in [2.45, 2.75) is 58.0 Å². The van der Waals surface area contributed by atoms with Gasteiger partial charge in [0.2, 0.25) is 5.89 Å². The minimum Gasteiger partial charge on any atom is -0.339 e. The fourth-order valence-electron chi connectivity index (χ4n) is 3.58. The van der Waals surface area contributed by atoms with Crippen LogP contribution in [0.2, 0.25) is 0 Å². The number of carbonyl (C=O) groups is 1. The maximum Gasteiger partial charge on any atom is 0.317 e. The molecule has 2 heterocycles. The van der Waals surface area contributed by atoms with Gasteiger partial charge in [0.1, 0.15) is 0 Å². The Morgan fingerprint density at radius 2 is 2.00 bits per heavy atom. The number of hydrogen-bond donors (Lipinski definition) is 1. The highest BCUT2D eigenvalue weighted by atomic mass is 16.5. The van der Waals surface area contributed by atoms with Gasteiger partial charge in [-0.05, 0) is 40.7 Å². The number of likely N-dealkylation sites (N-methyl/N-ethyl adjacent to an activating group) is 1. The third kappa shape index (κ3) is 4.99. The Labute approximate surface area is 162 Å². The lowest BCUT2D eigenvalue weighted by Crippen LogP contribution is -2.58. The molecule has 0 bridgehead atoms. The van der Waals surface area contributed by atoms with E-state index in [-0.39, 0.29) is 11.6 Å². The van der Waals surface area contributed by atoms with E-state index >= 15 is 0 Å². The van der Waals surface area contributed by atoms with Crippen LogP contribution in [0.4, 0.5) is 4.79 Å². The Bertz CT molecular complexity index is 619. The SMILES string of the molecule is CCN(Cc1noc(C2CCC2)n1)C(=O)NCC(C)(C)N1CCN(C)CC1. The van der Waals surface area contributed by atoms with Crippen molar-refractivity contribution >= 4 is 6.03 Å². The van der Waals surface area contributed by atoms with Gasteiger partial charge in [-0.25, -0.2) is 4.79 Å². The van der Waals surface area contributed by atoms with Gasteiger partial charge in [0.15, 0.2) is 5.82 Å². The zero-order chi connectivity index (χ0) is 19.4. The van der Waals surface area contributed by atoms with Crippen molar-refractivity contribution in [3.63, 3.8) is 0 Å². The molecule has 0 unspecified atom stereocenters. The van der Waals surface area contributed by atoms with Crippen LogP contribution >= 0.6 is 0 Å². The van der Waals surface area contributed by atoms with E-state index in [2.05, 4.69) is 46.2 Å². The quantitative estimate of drug-likeness (QED) is 0.781. The zero-order valence-electron chi connectivity index (χ0n) is 17.2. The Morgan fingerprint density at radius 1 is 1.30 bits per heavy atom. The van der Waals surface area contributed by atoms with Crippen molar-refractivity contribution in [1.82, 2.24) is 30.2 Å². The molecule has 1 saturated heterocycles. The molecule has 1 aliphatic heterocycles. The monoisotopic (exact) mass is 378 g/mol. The first kappa shape index (κ1) is 20.1. The molecule has 1 aliphatic carbocycles. The number of rotatable bonds is 7. The average Bonchev–Trinajstić information content (AvgIpc) is 3.04. The van der Waals surface area contributed by atoms with Crippen molar-refractivity contribution < 1.29 is 9.32 Å². The molecule has 27 heavy (non-hydrogen) atoms. The van der Waals surface area contributed by atoms with Gasteiger partial charge in [0, 0.05) is 50.7 Å². The number of nitrogens with one attached hydrogen (secondary N) is 1. The van der Waals surface area contributed by atoms with E-state index in [4.69, 9.17) is 4.52 Å².